The van der Waals surface area contributed by atoms with E-state index in [1.807, 2.05) is 0 Å². The van der Waals surface area contributed by atoms with Crippen LogP contribution in [0.3, 0.4) is 0 Å². The van der Waals surface area contributed by atoms with Crippen molar-refractivity contribution in [1.29, 1.82) is 0 Å². The van der Waals surface area contributed by atoms with Crippen molar-refractivity contribution in [1.82, 2.24) is 5.32 Å². The maximum absolute atomic E-state index is 3.48. The fourth-order valence-electron chi connectivity index (χ4n) is 0.721. The molecule has 0 aromatic heterocycles. The fourth-order valence-corrected chi connectivity index (χ4v) is 0.721. The predicted octanol–water partition coefficient (Wildman–Crippen LogP) is 2.17. The third-order valence-electron chi connectivity index (χ3n) is 1.79. The Balaban J connectivity index is 3.22. The first kappa shape index (κ1) is 8.96. The molecule has 1 N–H and O–H groups in total. The molecule has 0 heterocycles. The standard InChI is InChI=1S/C8H19N/c1-5-7(3)9-8(4)6-2/h7-9H,5-6H2,1-4H3/t7-,8?/m1/s1. The van der Waals surface area contributed by atoms with E-state index >= 15 is 0 Å². The summed E-state index contributed by atoms with van der Waals surface area (Å²) in [7, 11) is 0. The Labute approximate surface area is 58.8 Å². The van der Waals surface area contributed by atoms with Crippen LogP contribution in [0.5, 0.6) is 0 Å². The molecule has 0 spiro atoms. The van der Waals surface area contributed by atoms with Crippen molar-refractivity contribution in [3.63, 3.8) is 0 Å². The SMILES string of the molecule is CCC(C)N[C@H](C)CC. The van der Waals surface area contributed by atoms with E-state index < -0.39 is 0 Å². The van der Waals surface area contributed by atoms with Gasteiger partial charge in [0.05, 0.1) is 0 Å². The summed E-state index contributed by atoms with van der Waals surface area (Å²) in [5.74, 6) is 0. The molecule has 9 heavy (non-hydrogen) atoms. The minimum absolute atomic E-state index is 0.681. The normalized spacial score (nSPS) is 17.3. The molecule has 1 unspecified atom stereocenters. The van der Waals surface area contributed by atoms with Crippen molar-refractivity contribution in [3.05, 3.63) is 0 Å². The van der Waals surface area contributed by atoms with Gasteiger partial charge in [0.1, 0.15) is 0 Å². The van der Waals surface area contributed by atoms with Crippen LogP contribution in [0.15, 0.2) is 0 Å². The highest BCUT2D eigenvalue weighted by atomic mass is 14.9. The van der Waals surface area contributed by atoms with Crippen molar-refractivity contribution in [2.45, 2.75) is 52.6 Å². The Morgan fingerprint density at radius 2 is 1.33 bits per heavy atom. The first-order valence-electron chi connectivity index (χ1n) is 3.96. The Bertz CT molecular complexity index is 53.6. The molecule has 0 aliphatic rings. The molecule has 0 fully saturated rings. The molecule has 1 heteroatoms. The van der Waals surface area contributed by atoms with Gasteiger partial charge in [-0.2, -0.15) is 0 Å². The van der Waals surface area contributed by atoms with Crippen LogP contribution in [0.2, 0.25) is 0 Å². The lowest BCUT2D eigenvalue weighted by atomic mass is 10.2. The number of hydrogen-bond donors (Lipinski definition) is 1. The molecule has 1 nitrogen and oxygen atoms in total. The number of hydrogen-bond acceptors (Lipinski definition) is 1. The van der Waals surface area contributed by atoms with Gasteiger partial charge in [0.2, 0.25) is 0 Å². The Morgan fingerprint density at radius 3 is 1.56 bits per heavy atom. The maximum Gasteiger partial charge on any atom is 0.00385 e. The third kappa shape index (κ3) is 4.46. The minimum atomic E-state index is 0.681. The molecule has 0 bridgehead atoms. The summed E-state index contributed by atoms with van der Waals surface area (Å²) in [6.45, 7) is 8.87. The average Bonchev–Trinajstić information content (AvgIpc) is 1.87. The van der Waals surface area contributed by atoms with Crippen molar-refractivity contribution < 1.29 is 0 Å². The second-order valence-electron chi connectivity index (χ2n) is 2.79. The van der Waals surface area contributed by atoms with Crippen LogP contribution in [0.4, 0.5) is 0 Å². The summed E-state index contributed by atoms with van der Waals surface area (Å²) in [6.07, 6.45) is 2.45. The molecular weight excluding hydrogens is 110 g/mol. The van der Waals surface area contributed by atoms with Crippen molar-refractivity contribution >= 4 is 0 Å². The molecule has 0 amide bonds. The summed E-state index contributed by atoms with van der Waals surface area (Å²) in [6, 6.07) is 1.36. The monoisotopic (exact) mass is 129 g/mol. The molecule has 56 valence electrons. The second kappa shape index (κ2) is 4.80. The van der Waals surface area contributed by atoms with Crippen LogP contribution in [0, 0.1) is 0 Å². The smallest absolute Gasteiger partial charge is 0.00385 e. The van der Waals surface area contributed by atoms with E-state index in [2.05, 4.69) is 33.0 Å². The zero-order valence-electron chi connectivity index (χ0n) is 7.07. The van der Waals surface area contributed by atoms with E-state index in [-0.39, 0.29) is 0 Å². The summed E-state index contributed by atoms with van der Waals surface area (Å²) in [5.41, 5.74) is 0. The van der Waals surface area contributed by atoms with Gasteiger partial charge in [-0.3, -0.25) is 0 Å². The van der Waals surface area contributed by atoms with Gasteiger partial charge in [0, 0.05) is 12.1 Å². The zero-order valence-corrected chi connectivity index (χ0v) is 7.07. The number of rotatable bonds is 4. The second-order valence-corrected chi connectivity index (χ2v) is 2.79. The fraction of sp³-hybridized carbons (Fsp3) is 1.00. The highest BCUT2D eigenvalue weighted by Crippen LogP contribution is 1.93. The van der Waals surface area contributed by atoms with Crippen LogP contribution in [-0.4, -0.2) is 12.1 Å². The molecule has 0 radical (unpaired) electrons. The van der Waals surface area contributed by atoms with Crippen LogP contribution in [0.25, 0.3) is 0 Å². The lowest BCUT2D eigenvalue weighted by molar-refractivity contribution is 0.449. The van der Waals surface area contributed by atoms with E-state index in [9.17, 15) is 0 Å². The molecular formula is C8H19N. The van der Waals surface area contributed by atoms with Gasteiger partial charge in [-0.25, -0.2) is 0 Å². The van der Waals surface area contributed by atoms with E-state index in [0.717, 1.165) is 0 Å². The molecule has 0 aromatic carbocycles. The van der Waals surface area contributed by atoms with E-state index in [1.165, 1.54) is 12.8 Å². The summed E-state index contributed by atoms with van der Waals surface area (Å²) in [5, 5.41) is 3.48. The third-order valence-corrected chi connectivity index (χ3v) is 1.79. The van der Waals surface area contributed by atoms with Crippen LogP contribution >= 0.6 is 0 Å². The van der Waals surface area contributed by atoms with Gasteiger partial charge in [-0.05, 0) is 26.7 Å². The topological polar surface area (TPSA) is 12.0 Å². The largest absolute Gasteiger partial charge is 0.312 e. The summed E-state index contributed by atoms with van der Waals surface area (Å²) in [4.78, 5) is 0. The summed E-state index contributed by atoms with van der Waals surface area (Å²) < 4.78 is 0. The maximum atomic E-state index is 3.48. The highest BCUT2D eigenvalue weighted by Gasteiger charge is 2.00. The molecule has 0 saturated heterocycles. The van der Waals surface area contributed by atoms with Gasteiger partial charge in [-0.15, -0.1) is 0 Å². The lowest BCUT2D eigenvalue weighted by Crippen LogP contribution is -2.33. The molecule has 0 rings (SSSR count). The highest BCUT2D eigenvalue weighted by molar-refractivity contribution is 4.63. The molecule has 2 atom stereocenters. The van der Waals surface area contributed by atoms with Crippen molar-refractivity contribution in [2.24, 2.45) is 0 Å². The van der Waals surface area contributed by atoms with Gasteiger partial charge in [0.15, 0.2) is 0 Å². The molecule has 0 aliphatic carbocycles. The van der Waals surface area contributed by atoms with Crippen LogP contribution < -0.4 is 5.32 Å². The van der Waals surface area contributed by atoms with Gasteiger partial charge in [0.25, 0.3) is 0 Å². The molecule has 0 saturated carbocycles. The Morgan fingerprint density at radius 1 is 1.00 bits per heavy atom. The zero-order chi connectivity index (χ0) is 7.28. The van der Waals surface area contributed by atoms with Gasteiger partial charge >= 0.3 is 0 Å². The van der Waals surface area contributed by atoms with E-state index in [0.29, 0.717) is 12.1 Å². The average molecular weight is 129 g/mol. The van der Waals surface area contributed by atoms with Gasteiger partial charge in [-0.1, -0.05) is 13.8 Å². The number of nitrogens with one attached hydrogen (secondary N) is 1. The Hall–Kier alpha value is -0.0400. The first-order valence-corrected chi connectivity index (χ1v) is 3.96. The van der Waals surface area contributed by atoms with Gasteiger partial charge < -0.3 is 5.32 Å². The minimum Gasteiger partial charge on any atom is -0.312 e. The Kier molecular flexibility index (Phi) is 4.78. The molecule has 0 aliphatic heterocycles. The predicted molar refractivity (Wildman–Crippen MR) is 42.6 cm³/mol. The van der Waals surface area contributed by atoms with Crippen molar-refractivity contribution in [3.8, 4) is 0 Å². The quantitative estimate of drug-likeness (QED) is 0.613. The first-order chi connectivity index (χ1) is 4.20. The summed E-state index contributed by atoms with van der Waals surface area (Å²) >= 11 is 0. The van der Waals surface area contributed by atoms with Crippen molar-refractivity contribution in [2.75, 3.05) is 0 Å². The van der Waals surface area contributed by atoms with E-state index in [1.54, 1.807) is 0 Å². The van der Waals surface area contributed by atoms with Crippen LogP contribution in [0.1, 0.15) is 40.5 Å². The van der Waals surface area contributed by atoms with Crippen LogP contribution in [-0.2, 0) is 0 Å². The lowest BCUT2D eigenvalue weighted by Gasteiger charge is -2.16. The molecule has 0 aromatic rings. The van der Waals surface area contributed by atoms with E-state index in [4.69, 9.17) is 0 Å².